The van der Waals surface area contributed by atoms with Crippen molar-refractivity contribution in [1.82, 2.24) is 4.72 Å². The zero-order valence-corrected chi connectivity index (χ0v) is 17.5. The third-order valence-corrected chi connectivity index (χ3v) is 6.22. The Hall–Kier alpha value is -2.41. The molecule has 0 aromatic heterocycles. The number of carbonyl (C=O) groups is 2. The van der Waals surface area contributed by atoms with E-state index in [9.17, 15) is 13.8 Å². The van der Waals surface area contributed by atoms with Gasteiger partial charge in [0.15, 0.2) is 0 Å². The lowest BCUT2D eigenvalue weighted by atomic mass is 9.82. The SMILES string of the molecule is C=CCOC(=O)C(=[N+]=[N-])C(=O)C[C@@H](N[S@@](=O)c1ccc(C)cc1)C1CCCCC1. The van der Waals surface area contributed by atoms with E-state index >= 15 is 0 Å². The topological polar surface area (TPSA) is 109 Å². The van der Waals surface area contributed by atoms with Gasteiger partial charge in [-0.25, -0.2) is 13.7 Å². The number of Topliss-reactive ketones (excluding diaryl/α,β-unsaturated/α-hetero) is 1. The van der Waals surface area contributed by atoms with Crippen LogP contribution in [-0.4, -0.2) is 39.1 Å². The van der Waals surface area contributed by atoms with Gasteiger partial charge in [-0.3, -0.25) is 4.79 Å². The quantitative estimate of drug-likeness (QED) is 0.158. The van der Waals surface area contributed by atoms with E-state index in [4.69, 9.17) is 10.3 Å². The van der Waals surface area contributed by atoms with E-state index in [1.54, 1.807) is 12.1 Å². The number of aryl methyl sites for hydroxylation is 1. The molecule has 7 nitrogen and oxygen atoms in total. The van der Waals surface area contributed by atoms with E-state index in [0.717, 1.165) is 37.7 Å². The van der Waals surface area contributed by atoms with E-state index in [2.05, 4.69) is 16.1 Å². The number of carbonyl (C=O) groups excluding carboxylic acids is 2. The smallest absolute Gasteiger partial charge is 0.441 e. The summed E-state index contributed by atoms with van der Waals surface area (Å²) in [5.74, 6) is -1.50. The molecule has 8 heteroatoms. The van der Waals surface area contributed by atoms with Gasteiger partial charge in [0.05, 0.1) is 4.90 Å². The van der Waals surface area contributed by atoms with Crippen molar-refractivity contribution in [3.05, 3.63) is 48.0 Å². The summed E-state index contributed by atoms with van der Waals surface area (Å²) in [6, 6.07) is 6.91. The number of ketones is 1. The van der Waals surface area contributed by atoms with Gasteiger partial charge in [-0.1, -0.05) is 49.6 Å². The number of rotatable bonds is 10. The van der Waals surface area contributed by atoms with E-state index < -0.39 is 34.5 Å². The Kier molecular flexibility index (Phi) is 9.12. The molecule has 2 atom stereocenters. The van der Waals surface area contributed by atoms with Crippen molar-refractivity contribution in [3.63, 3.8) is 0 Å². The molecule has 1 aliphatic rings. The van der Waals surface area contributed by atoms with E-state index in [1.807, 2.05) is 19.1 Å². The molecule has 0 aliphatic heterocycles. The van der Waals surface area contributed by atoms with Crippen LogP contribution in [0.25, 0.3) is 5.53 Å². The number of ether oxygens (including phenoxy) is 1. The average molecular weight is 418 g/mol. The summed E-state index contributed by atoms with van der Waals surface area (Å²) >= 11 is 0. The molecule has 1 saturated carbocycles. The zero-order chi connectivity index (χ0) is 21.2. The Bertz CT molecular complexity index is 810. The molecule has 156 valence electrons. The van der Waals surface area contributed by atoms with Crippen LogP contribution in [-0.2, 0) is 25.3 Å². The highest BCUT2D eigenvalue weighted by Crippen LogP contribution is 2.28. The van der Waals surface area contributed by atoms with E-state index in [0.29, 0.717) is 4.90 Å². The highest BCUT2D eigenvalue weighted by molar-refractivity contribution is 7.83. The van der Waals surface area contributed by atoms with Crippen molar-refractivity contribution in [3.8, 4) is 0 Å². The maximum atomic E-state index is 12.8. The van der Waals surface area contributed by atoms with E-state index in [-0.39, 0.29) is 18.9 Å². The standard InChI is InChI=1S/C21H27N3O4S/c1-3-13-28-21(26)20(23-22)19(25)14-18(16-7-5-4-6-8-16)24-29(27)17-11-9-15(2)10-12-17/h3,9-12,16,18,24H,1,4-8,13-14H2,2H3/t18-,29+/m1/s1. The predicted molar refractivity (Wildman–Crippen MR) is 110 cm³/mol. The Morgan fingerprint density at radius 1 is 1.31 bits per heavy atom. The van der Waals surface area contributed by atoms with Crippen LogP contribution in [0.5, 0.6) is 0 Å². The molecule has 0 radical (unpaired) electrons. The minimum Gasteiger partial charge on any atom is -0.453 e. The maximum Gasteiger partial charge on any atom is 0.441 e. The molecule has 0 unspecified atom stereocenters. The van der Waals surface area contributed by atoms with Crippen LogP contribution in [0.1, 0.15) is 44.1 Å². The molecule has 1 N–H and O–H groups in total. The third kappa shape index (κ3) is 6.85. The minimum atomic E-state index is -1.50. The molecule has 29 heavy (non-hydrogen) atoms. The van der Waals surface area contributed by atoms with Crippen LogP contribution in [0.2, 0.25) is 0 Å². The van der Waals surface area contributed by atoms with Crippen LogP contribution in [0.15, 0.2) is 41.8 Å². The molecular weight excluding hydrogens is 390 g/mol. The second kappa shape index (κ2) is 11.6. The second-order valence-electron chi connectivity index (χ2n) is 7.17. The number of benzene rings is 1. The predicted octanol–water partition coefficient (Wildman–Crippen LogP) is 2.92. The van der Waals surface area contributed by atoms with Gasteiger partial charge < -0.3 is 10.3 Å². The molecule has 2 rings (SSSR count). The van der Waals surface area contributed by atoms with Crippen molar-refractivity contribution in [2.75, 3.05) is 6.61 Å². The fraction of sp³-hybridized carbons (Fsp3) is 0.476. The van der Waals surface area contributed by atoms with Crippen molar-refractivity contribution in [2.45, 2.75) is 56.4 Å². The van der Waals surface area contributed by atoms with Crippen molar-refractivity contribution < 1.29 is 23.3 Å². The summed E-state index contributed by atoms with van der Waals surface area (Å²) in [5.41, 5.74) is 9.54. The largest absolute Gasteiger partial charge is 0.453 e. The monoisotopic (exact) mass is 417 g/mol. The van der Waals surface area contributed by atoms with Crippen molar-refractivity contribution in [2.24, 2.45) is 5.92 Å². The number of hydrogen-bond donors (Lipinski definition) is 1. The fourth-order valence-electron chi connectivity index (χ4n) is 3.42. The van der Waals surface area contributed by atoms with Crippen LogP contribution in [0.3, 0.4) is 0 Å². The first-order chi connectivity index (χ1) is 14.0. The summed E-state index contributed by atoms with van der Waals surface area (Å²) in [6.45, 7) is 5.29. The third-order valence-electron chi connectivity index (χ3n) is 5.01. The number of esters is 1. The molecule has 0 amide bonds. The van der Waals surface area contributed by atoms with Crippen LogP contribution in [0.4, 0.5) is 0 Å². The summed E-state index contributed by atoms with van der Waals surface area (Å²) < 4.78 is 20.7. The van der Waals surface area contributed by atoms with Gasteiger partial charge in [-0.05, 0) is 37.8 Å². The normalized spacial score (nSPS) is 16.3. The molecule has 1 fully saturated rings. The summed E-state index contributed by atoms with van der Waals surface area (Å²) in [5, 5.41) is 0. The molecule has 1 aromatic carbocycles. The molecule has 0 bridgehead atoms. The zero-order valence-electron chi connectivity index (χ0n) is 16.6. The lowest BCUT2D eigenvalue weighted by molar-refractivity contribution is -0.141. The number of nitrogens with zero attached hydrogens (tertiary/aromatic N) is 2. The first-order valence-corrected chi connectivity index (χ1v) is 10.9. The fourth-order valence-corrected chi connectivity index (χ4v) is 4.49. The van der Waals surface area contributed by atoms with Gasteiger partial charge in [0.1, 0.15) is 17.6 Å². The lowest BCUT2D eigenvalue weighted by Gasteiger charge is -2.29. The second-order valence-corrected chi connectivity index (χ2v) is 8.41. The Morgan fingerprint density at radius 2 is 1.97 bits per heavy atom. The van der Waals surface area contributed by atoms with Crippen LogP contribution < -0.4 is 4.72 Å². The van der Waals surface area contributed by atoms with Gasteiger partial charge in [0.25, 0.3) is 5.78 Å². The van der Waals surface area contributed by atoms with Gasteiger partial charge in [0, 0.05) is 12.5 Å². The summed E-state index contributed by atoms with van der Waals surface area (Å²) in [6.07, 6.45) is 6.27. The van der Waals surface area contributed by atoms with Crippen molar-refractivity contribution in [1.29, 1.82) is 0 Å². The molecule has 0 saturated heterocycles. The van der Waals surface area contributed by atoms with Gasteiger partial charge >= 0.3 is 11.7 Å². The maximum absolute atomic E-state index is 12.8. The first kappa shape index (κ1) is 22.9. The molecular formula is C21H27N3O4S. The van der Waals surface area contributed by atoms with E-state index in [1.165, 1.54) is 6.08 Å². The minimum absolute atomic E-state index is 0.0904. The van der Waals surface area contributed by atoms with Crippen molar-refractivity contribution >= 4 is 28.4 Å². The Balaban J connectivity index is 2.14. The van der Waals surface area contributed by atoms with Crippen LogP contribution in [0, 0.1) is 12.8 Å². The molecule has 1 aromatic rings. The highest BCUT2D eigenvalue weighted by Gasteiger charge is 2.36. The first-order valence-electron chi connectivity index (χ1n) is 9.74. The number of nitrogens with one attached hydrogen (secondary N) is 1. The lowest BCUT2D eigenvalue weighted by Crippen LogP contribution is -2.42. The highest BCUT2D eigenvalue weighted by atomic mass is 32.2. The average Bonchev–Trinajstić information content (AvgIpc) is 2.73. The van der Waals surface area contributed by atoms with Gasteiger partial charge in [-0.2, -0.15) is 4.79 Å². The molecule has 0 spiro atoms. The van der Waals surface area contributed by atoms with Crippen LogP contribution >= 0.6 is 0 Å². The van der Waals surface area contributed by atoms with Gasteiger partial charge in [0.2, 0.25) is 0 Å². The summed E-state index contributed by atoms with van der Waals surface area (Å²) in [7, 11) is -1.50. The summed E-state index contributed by atoms with van der Waals surface area (Å²) in [4.78, 5) is 28.0. The van der Waals surface area contributed by atoms with Gasteiger partial charge in [-0.15, -0.1) is 0 Å². The molecule has 0 heterocycles. The molecule has 1 aliphatic carbocycles. The Labute approximate surface area is 173 Å². The Morgan fingerprint density at radius 3 is 2.55 bits per heavy atom. The number of hydrogen-bond acceptors (Lipinski definition) is 4.